The molecule has 2 aliphatic rings. The van der Waals surface area contributed by atoms with Crippen molar-refractivity contribution in [2.45, 2.75) is 166 Å². The van der Waals surface area contributed by atoms with Crippen LogP contribution in [0, 0.1) is 0 Å². The fourth-order valence-corrected chi connectivity index (χ4v) is 10.3. The Bertz CT molecular complexity index is 2910. The Morgan fingerprint density at radius 3 is 1.62 bits per heavy atom. The van der Waals surface area contributed by atoms with Gasteiger partial charge in [-0.2, -0.15) is 0 Å². The number of nitrogens with zero attached hydrogens (tertiary/aromatic N) is 2. The number of amides is 5. The number of carboxylic acids is 4. The smallest absolute Gasteiger partial charge is 0.326 e. The number of hydrogen-bond donors (Lipinski definition) is 10. The van der Waals surface area contributed by atoms with Crippen molar-refractivity contribution in [2.24, 2.45) is 4.99 Å². The van der Waals surface area contributed by atoms with Crippen molar-refractivity contribution >= 4 is 74.3 Å². The topological polar surface area (TPSA) is 353 Å². The molecule has 23 nitrogen and oxygen atoms in total. The van der Waals surface area contributed by atoms with Crippen molar-refractivity contribution in [1.29, 1.82) is 0 Å². The van der Waals surface area contributed by atoms with Gasteiger partial charge in [0.15, 0.2) is 0 Å². The minimum Gasteiger partial charge on any atom is -0.481 e. The Balaban J connectivity index is 1.04. The normalized spacial score (nSPS) is 12.7. The Kier molecular flexibility index (Phi) is 28.8. The first kappa shape index (κ1) is 66.9. The van der Waals surface area contributed by atoms with Gasteiger partial charge in [-0.25, -0.2) is 32.3 Å². The fourth-order valence-electron chi connectivity index (χ4n) is 9.27. The van der Waals surface area contributed by atoms with Crippen LogP contribution >= 0.6 is 0 Å². The molecule has 82 heavy (non-hydrogen) atoms. The van der Waals surface area contributed by atoms with Gasteiger partial charge >= 0.3 is 29.9 Å². The third-order valence-corrected chi connectivity index (χ3v) is 15.2. The summed E-state index contributed by atoms with van der Waals surface area (Å²) in [5.41, 5.74) is 4.45. The molecule has 1 unspecified atom stereocenters. The van der Waals surface area contributed by atoms with Crippen molar-refractivity contribution in [2.75, 3.05) is 44.2 Å². The van der Waals surface area contributed by atoms with Crippen LogP contribution < -0.4 is 41.6 Å². The van der Waals surface area contributed by atoms with Crippen LogP contribution in [0.25, 0.3) is 33.4 Å². The van der Waals surface area contributed by atoms with Gasteiger partial charge in [-0.15, -0.1) is 0 Å². The van der Waals surface area contributed by atoms with Crippen molar-refractivity contribution in [3.8, 4) is 22.5 Å². The maximum Gasteiger partial charge on any atom is 0.326 e. The first-order valence-corrected chi connectivity index (χ1v) is 29.9. The monoisotopic (exact) mass is 1160 g/mol. The predicted molar refractivity (Wildman–Crippen MR) is 309 cm³/mol. The lowest BCUT2D eigenvalue weighted by Gasteiger charge is -2.22. The van der Waals surface area contributed by atoms with E-state index in [4.69, 9.17) is 9.52 Å². The van der Waals surface area contributed by atoms with Gasteiger partial charge in [-0.3, -0.25) is 24.2 Å². The van der Waals surface area contributed by atoms with E-state index in [1.165, 1.54) is 0 Å². The van der Waals surface area contributed by atoms with Crippen LogP contribution in [0.3, 0.4) is 0 Å². The second kappa shape index (κ2) is 35.3. The van der Waals surface area contributed by atoms with Crippen LogP contribution in [0.1, 0.15) is 143 Å². The van der Waals surface area contributed by atoms with Crippen molar-refractivity contribution in [1.82, 2.24) is 31.3 Å². The van der Waals surface area contributed by atoms with E-state index in [9.17, 15) is 62.1 Å². The summed E-state index contributed by atoms with van der Waals surface area (Å²) in [6, 6.07) is 14.0. The second-order valence-corrected chi connectivity index (χ2v) is 21.7. The molecule has 0 spiro atoms. The Labute approximate surface area is 478 Å². The number of rotatable bonds is 40. The van der Waals surface area contributed by atoms with Gasteiger partial charge in [0, 0.05) is 99.3 Å². The van der Waals surface area contributed by atoms with Gasteiger partial charge in [0.1, 0.15) is 29.5 Å². The van der Waals surface area contributed by atoms with E-state index in [0.717, 1.165) is 64.6 Å². The number of nitrogens with one attached hydrogen (secondary N) is 6. The van der Waals surface area contributed by atoms with E-state index in [1.54, 1.807) is 12.1 Å². The summed E-state index contributed by atoms with van der Waals surface area (Å²) in [7, 11) is -3.78. The molecule has 2 aromatic rings. The molecule has 1 aliphatic heterocycles. The summed E-state index contributed by atoms with van der Waals surface area (Å²) in [6.45, 7) is 9.39. The number of carbonyl (C=O) groups excluding carboxylic acids is 4. The molecule has 3 atom stereocenters. The molecule has 1 heterocycles. The van der Waals surface area contributed by atoms with Gasteiger partial charge in [-0.1, -0.05) is 37.8 Å². The summed E-state index contributed by atoms with van der Waals surface area (Å²) < 4.78 is 35.8. The zero-order valence-corrected chi connectivity index (χ0v) is 48.1. The van der Waals surface area contributed by atoms with Gasteiger partial charge < -0.3 is 56.3 Å². The number of fused-ring (bicyclic) bond motifs is 2. The molecule has 1 aliphatic carbocycles. The lowest BCUT2D eigenvalue weighted by atomic mass is 9.93. The highest BCUT2D eigenvalue weighted by atomic mass is 32.2. The van der Waals surface area contributed by atoms with E-state index in [0.29, 0.717) is 89.5 Å². The number of anilines is 1. The summed E-state index contributed by atoms with van der Waals surface area (Å²) in [4.78, 5) is 102. The standard InChI is InChI=1S/C58H82N8O15S/c1-4-59-40-26-30-43-48(37-40)81-49-38-41(66(5-2)6-3)27-31-44(49)54(43)39-24-28-42(29-25-39)82(79,80)62-36-16-10-9-12-22-51(68)60-34-17-14-19-45(55(72)73)63-52(69)23-13-8-7-11-21-50(67)61-35-18-15-20-46(56(74)75)64-58(78)65-47(57(76)77)32-33-53(70)71/h24-31,37-38,45-47,62H,4-23,32-36H2,1-3H3,(H,60,68)(H,61,67)(H,63,69)(H,70,71)(H,72,73)(H,74,75)(H,76,77)(H2,64,65,78)/t45?,46-,47-/m1/s1. The molecule has 0 aromatic heterocycles. The van der Waals surface area contributed by atoms with Crippen molar-refractivity contribution in [3.63, 3.8) is 0 Å². The molecule has 4 rings (SSSR count). The van der Waals surface area contributed by atoms with E-state index in [2.05, 4.69) is 67.2 Å². The number of sulfonamides is 1. The molecule has 2 aromatic carbocycles. The summed E-state index contributed by atoms with van der Waals surface area (Å²) in [6.07, 6.45) is 6.66. The zero-order chi connectivity index (χ0) is 60.0. The number of aliphatic carboxylic acids is 4. The van der Waals surface area contributed by atoms with Crippen LogP contribution in [0.2, 0.25) is 0 Å². The number of carboxylic acid groups (broad SMARTS) is 4. The molecule has 0 bridgehead atoms. The second-order valence-electron chi connectivity index (χ2n) is 20.0. The first-order chi connectivity index (χ1) is 39.3. The van der Waals surface area contributed by atoms with E-state index in [-0.39, 0.29) is 61.9 Å². The van der Waals surface area contributed by atoms with Crippen LogP contribution in [0.5, 0.6) is 0 Å². The van der Waals surface area contributed by atoms with Crippen LogP contribution in [0.15, 0.2) is 75.0 Å². The first-order valence-electron chi connectivity index (χ1n) is 28.4. The summed E-state index contributed by atoms with van der Waals surface area (Å²) >= 11 is 0. The highest BCUT2D eigenvalue weighted by Gasteiger charge is 2.26. The van der Waals surface area contributed by atoms with Gasteiger partial charge in [0.2, 0.25) is 27.7 Å². The van der Waals surface area contributed by atoms with Crippen LogP contribution in [0.4, 0.5) is 10.5 Å². The molecule has 5 amide bonds. The largest absolute Gasteiger partial charge is 0.481 e. The van der Waals surface area contributed by atoms with Crippen molar-refractivity contribution in [3.05, 3.63) is 66.0 Å². The average molecular weight is 1160 g/mol. The van der Waals surface area contributed by atoms with E-state index >= 15 is 0 Å². The Morgan fingerprint density at radius 1 is 0.561 bits per heavy atom. The maximum absolute atomic E-state index is 13.3. The fraction of sp³-hybridized carbons (Fsp3) is 0.534. The predicted octanol–water partition coefficient (Wildman–Crippen LogP) is 6.75. The quantitative estimate of drug-likeness (QED) is 0.0163. The number of urea groups is 1. The minimum absolute atomic E-state index is 0.00220. The Morgan fingerprint density at radius 2 is 1.09 bits per heavy atom. The third kappa shape index (κ3) is 23.1. The highest BCUT2D eigenvalue weighted by Crippen LogP contribution is 2.41. The minimum atomic E-state index is -3.78. The van der Waals surface area contributed by atoms with Gasteiger partial charge in [-0.05, 0) is 133 Å². The Hall–Kier alpha value is -7.60. The number of hydrogen-bond acceptors (Lipinski definition) is 13. The molecular formula is C58H82N8O15S. The number of benzene rings is 3. The zero-order valence-electron chi connectivity index (χ0n) is 47.3. The van der Waals surface area contributed by atoms with E-state index in [1.807, 2.05) is 43.3 Å². The molecule has 0 saturated carbocycles. The lowest BCUT2D eigenvalue weighted by molar-refractivity contribution is -0.142. The van der Waals surface area contributed by atoms with Crippen LogP contribution in [-0.2, 0) is 43.6 Å². The molecule has 0 radical (unpaired) electrons. The maximum atomic E-state index is 13.3. The third-order valence-electron chi connectivity index (χ3n) is 13.8. The number of carbonyl (C=O) groups is 8. The van der Waals surface area contributed by atoms with Crippen LogP contribution in [-0.4, -0.2) is 134 Å². The summed E-state index contributed by atoms with van der Waals surface area (Å²) in [5, 5.41) is 51.2. The molecule has 0 saturated heterocycles. The molecule has 450 valence electrons. The lowest BCUT2D eigenvalue weighted by Crippen LogP contribution is -2.51. The molecular weight excluding hydrogens is 1080 g/mol. The van der Waals surface area contributed by atoms with Crippen molar-refractivity contribution < 1.29 is 71.6 Å². The highest BCUT2D eigenvalue weighted by molar-refractivity contribution is 7.89. The molecule has 0 fully saturated rings. The van der Waals surface area contributed by atoms with Gasteiger partial charge in [0.05, 0.1) is 10.3 Å². The number of unbranched alkanes of at least 4 members (excludes halogenated alkanes) is 8. The summed E-state index contributed by atoms with van der Waals surface area (Å²) in [5.74, 6) is -5.26. The molecule has 10 N–H and O–H groups in total. The SMILES string of the molecule is CCN=c1ccc2c(-c3ccc(S(=O)(=O)NCCCCCCC(=O)NCCCCC(NC(=O)CCCCCCC(=O)NCCCC[C@@H](NC(=O)N[C@H](CCC(=O)O)C(=O)O)C(=O)O)C(=O)O)cc3)c3ccc(N(CC)CC)cc3oc-2c1. The van der Waals surface area contributed by atoms with E-state index < -0.39 is 70.4 Å². The molecule has 24 heteroatoms. The van der Waals surface area contributed by atoms with Gasteiger partial charge in [0.25, 0.3) is 0 Å². The average Bonchev–Trinajstić information content (AvgIpc) is 3.56.